The van der Waals surface area contributed by atoms with Crippen LogP contribution in [0.5, 0.6) is 0 Å². The predicted molar refractivity (Wildman–Crippen MR) is 98.4 cm³/mol. The predicted octanol–water partition coefficient (Wildman–Crippen LogP) is 1.33. The van der Waals surface area contributed by atoms with Crippen molar-refractivity contribution < 1.29 is 5.11 Å². The minimum atomic E-state index is -0.509. The zero-order chi connectivity index (χ0) is 14.4. The fraction of sp³-hybridized carbons (Fsp3) is 0.800. The number of halogens is 1. The average Bonchev–Trinajstić information content (AvgIpc) is 2.43. The van der Waals surface area contributed by atoms with Gasteiger partial charge in [-0.05, 0) is 32.1 Å². The maximum Gasteiger partial charge on any atom is 0.191 e. The van der Waals surface area contributed by atoms with Gasteiger partial charge in [-0.2, -0.15) is 0 Å². The summed E-state index contributed by atoms with van der Waals surface area (Å²) in [6.07, 6.45) is 7.14. The molecule has 1 saturated heterocycles. The first-order valence-electron chi connectivity index (χ1n) is 7.68. The van der Waals surface area contributed by atoms with Crippen LogP contribution < -0.4 is 10.6 Å². The highest BCUT2D eigenvalue weighted by molar-refractivity contribution is 14.0. The molecule has 0 bridgehead atoms. The van der Waals surface area contributed by atoms with Crippen molar-refractivity contribution >= 4 is 29.9 Å². The molecule has 122 valence electrons. The Balaban J connectivity index is 0.00000220. The first kappa shape index (κ1) is 18.7. The van der Waals surface area contributed by atoms with Crippen molar-refractivity contribution in [2.45, 2.75) is 43.7 Å². The van der Waals surface area contributed by atoms with Gasteiger partial charge in [0.15, 0.2) is 5.96 Å². The highest BCUT2D eigenvalue weighted by Gasteiger charge is 2.34. The van der Waals surface area contributed by atoms with E-state index in [1.54, 1.807) is 7.05 Å². The maximum atomic E-state index is 10.1. The highest BCUT2D eigenvalue weighted by Crippen LogP contribution is 2.30. The van der Waals surface area contributed by atoms with Crippen molar-refractivity contribution in [1.82, 2.24) is 15.5 Å². The molecule has 2 aliphatic rings. The molecule has 2 fully saturated rings. The zero-order valence-electron chi connectivity index (χ0n) is 13.0. The number of piperidine rings is 1. The van der Waals surface area contributed by atoms with Crippen molar-refractivity contribution in [2.24, 2.45) is 4.99 Å². The van der Waals surface area contributed by atoms with Gasteiger partial charge in [-0.3, -0.25) is 9.89 Å². The van der Waals surface area contributed by atoms with E-state index < -0.39 is 5.60 Å². The number of hydrogen-bond acceptors (Lipinski definition) is 3. The molecule has 21 heavy (non-hydrogen) atoms. The lowest BCUT2D eigenvalue weighted by Crippen LogP contribution is -2.53. The molecule has 5 nitrogen and oxygen atoms in total. The molecular weight excluding hydrogens is 379 g/mol. The van der Waals surface area contributed by atoms with Crippen LogP contribution in [0.1, 0.15) is 32.1 Å². The van der Waals surface area contributed by atoms with E-state index in [-0.39, 0.29) is 24.0 Å². The maximum absolute atomic E-state index is 10.1. The first-order chi connectivity index (χ1) is 9.65. The lowest BCUT2D eigenvalue weighted by molar-refractivity contribution is -0.0279. The highest BCUT2D eigenvalue weighted by atomic mass is 127. The second kappa shape index (κ2) is 8.95. The van der Waals surface area contributed by atoms with Gasteiger partial charge in [0, 0.05) is 39.3 Å². The Kier molecular flexibility index (Phi) is 7.97. The zero-order valence-corrected chi connectivity index (χ0v) is 15.3. The quantitative estimate of drug-likeness (QED) is 0.278. The van der Waals surface area contributed by atoms with E-state index in [4.69, 9.17) is 0 Å². The molecule has 0 radical (unpaired) electrons. The third-order valence-electron chi connectivity index (χ3n) is 4.41. The van der Waals surface area contributed by atoms with Crippen molar-refractivity contribution in [3.63, 3.8) is 0 Å². The van der Waals surface area contributed by atoms with Crippen molar-refractivity contribution in [1.29, 1.82) is 0 Å². The summed E-state index contributed by atoms with van der Waals surface area (Å²) in [5.74, 6) is 0.812. The van der Waals surface area contributed by atoms with Gasteiger partial charge in [0.25, 0.3) is 0 Å². The third-order valence-corrected chi connectivity index (χ3v) is 4.41. The van der Waals surface area contributed by atoms with Crippen LogP contribution in [0.2, 0.25) is 0 Å². The Morgan fingerprint density at radius 1 is 1.43 bits per heavy atom. The summed E-state index contributed by atoms with van der Waals surface area (Å²) < 4.78 is 0. The molecule has 0 aromatic heterocycles. The monoisotopic (exact) mass is 408 g/mol. The second-order valence-corrected chi connectivity index (χ2v) is 6.01. The number of aliphatic hydroxyl groups is 1. The van der Waals surface area contributed by atoms with Gasteiger partial charge in [-0.15, -0.1) is 30.6 Å². The third kappa shape index (κ3) is 5.75. The van der Waals surface area contributed by atoms with Gasteiger partial charge in [0.1, 0.15) is 0 Å². The number of nitrogens with one attached hydrogen (secondary N) is 2. The molecule has 1 aliphatic carbocycles. The topological polar surface area (TPSA) is 59.9 Å². The number of nitrogens with zero attached hydrogens (tertiary/aromatic N) is 2. The van der Waals surface area contributed by atoms with E-state index in [1.165, 1.54) is 0 Å². The number of guanidine groups is 1. The molecule has 0 unspecified atom stereocenters. The molecule has 0 atom stereocenters. The summed E-state index contributed by atoms with van der Waals surface area (Å²) in [5.41, 5.74) is -0.509. The van der Waals surface area contributed by atoms with Gasteiger partial charge >= 0.3 is 0 Å². The van der Waals surface area contributed by atoms with E-state index in [9.17, 15) is 5.11 Å². The molecule has 2 rings (SSSR count). The van der Waals surface area contributed by atoms with Crippen molar-refractivity contribution in [3.8, 4) is 0 Å². The summed E-state index contributed by atoms with van der Waals surface area (Å²) in [6.45, 7) is 7.57. The van der Waals surface area contributed by atoms with Crippen molar-refractivity contribution in [2.75, 3.05) is 33.2 Å². The van der Waals surface area contributed by atoms with Gasteiger partial charge in [-0.1, -0.05) is 6.08 Å². The van der Waals surface area contributed by atoms with Crippen LogP contribution in [0.25, 0.3) is 0 Å². The minimum absolute atomic E-state index is 0. The minimum Gasteiger partial charge on any atom is -0.388 e. The average molecular weight is 408 g/mol. The molecule has 0 spiro atoms. The van der Waals surface area contributed by atoms with E-state index >= 15 is 0 Å². The van der Waals surface area contributed by atoms with Crippen molar-refractivity contribution in [3.05, 3.63) is 12.7 Å². The first-order valence-corrected chi connectivity index (χ1v) is 7.68. The van der Waals surface area contributed by atoms with Crippen LogP contribution in [0.15, 0.2) is 17.6 Å². The van der Waals surface area contributed by atoms with Gasteiger partial charge in [-0.25, -0.2) is 0 Å². The lowest BCUT2D eigenvalue weighted by atomic mass is 9.80. The smallest absolute Gasteiger partial charge is 0.191 e. The molecule has 1 saturated carbocycles. The van der Waals surface area contributed by atoms with Gasteiger partial charge < -0.3 is 15.7 Å². The van der Waals surface area contributed by atoms with Crippen LogP contribution in [-0.2, 0) is 0 Å². The number of rotatable bonds is 5. The van der Waals surface area contributed by atoms with E-state index in [2.05, 4.69) is 27.1 Å². The van der Waals surface area contributed by atoms with E-state index in [0.717, 1.165) is 57.7 Å². The molecule has 1 heterocycles. The Morgan fingerprint density at radius 3 is 2.57 bits per heavy atom. The number of likely N-dealkylation sites (tertiary alicyclic amines) is 1. The summed E-state index contributed by atoms with van der Waals surface area (Å²) in [5, 5.41) is 16.8. The Hall–Kier alpha value is -0.340. The molecule has 6 heteroatoms. The standard InChI is InChI=1S/C15H28N4O.HI/c1-3-9-19-10-5-13(6-11-19)18-14(16-2)17-12-15(20)7-4-8-15;/h3,13,20H,1,4-12H2,2H3,(H2,16,17,18);1H. The normalized spacial score (nSPS) is 22.9. The van der Waals surface area contributed by atoms with Gasteiger partial charge in [0.2, 0.25) is 0 Å². The molecular formula is C15H29IN4O. The number of hydrogen-bond donors (Lipinski definition) is 3. The van der Waals surface area contributed by atoms with Crippen LogP contribution in [-0.4, -0.2) is 60.8 Å². The Morgan fingerprint density at radius 2 is 2.10 bits per heavy atom. The van der Waals surface area contributed by atoms with Crippen LogP contribution >= 0.6 is 24.0 Å². The molecule has 3 N–H and O–H groups in total. The number of aliphatic imine (C=N–C) groups is 1. The fourth-order valence-corrected chi connectivity index (χ4v) is 2.84. The largest absolute Gasteiger partial charge is 0.388 e. The fourth-order valence-electron chi connectivity index (χ4n) is 2.84. The van der Waals surface area contributed by atoms with Crippen LogP contribution in [0, 0.1) is 0 Å². The van der Waals surface area contributed by atoms with E-state index in [0.29, 0.717) is 12.6 Å². The summed E-state index contributed by atoms with van der Waals surface area (Å²) in [7, 11) is 1.78. The van der Waals surface area contributed by atoms with Gasteiger partial charge in [0.05, 0.1) is 5.60 Å². The van der Waals surface area contributed by atoms with E-state index in [1.807, 2.05) is 6.08 Å². The molecule has 1 aliphatic heterocycles. The summed E-state index contributed by atoms with van der Waals surface area (Å²) >= 11 is 0. The Labute approximate surface area is 145 Å². The summed E-state index contributed by atoms with van der Waals surface area (Å²) in [6, 6.07) is 0.471. The van der Waals surface area contributed by atoms with Crippen LogP contribution in [0.4, 0.5) is 0 Å². The molecule has 0 aromatic rings. The molecule has 0 aromatic carbocycles. The molecule has 0 amide bonds. The lowest BCUT2D eigenvalue weighted by Gasteiger charge is -2.37. The van der Waals surface area contributed by atoms with Crippen LogP contribution in [0.3, 0.4) is 0 Å². The SMILES string of the molecule is C=CCN1CCC(NC(=NC)NCC2(O)CCC2)CC1.I. The second-order valence-electron chi connectivity index (χ2n) is 6.01. The Bertz CT molecular complexity index is 350. The summed E-state index contributed by atoms with van der Waals surface area (Å²) in [4.78, 5) is 6.67.